The molecule has 0 fully saturated rings. The first-order valence-corrected chi connectivity index (χ1v) is 5.23. The van der Waals surface area contributed by atoms with E-state index in [0.29, 0.717) is 0 Å². The standard InChI is InChI=1S/C10H12N4O5/c1-5(2-8(11)15)13-9-7(10(16)17)3-6(4-12-9)14(18)19/h3-5H,2H2,1H3,(H2,11,15)(H,12,13)(H,16,17). The Morgan fingerprint density at radius 3 is 2.74 bits per heavy atom. The van der Waals surface area contributed by atoms with Crippen molar-refractivity contribution in [1.82, 2.24) is 4.98 Å². The van der Waals surface area contributed by atoms with Gasteiger partial charge in [-0.25, -0.2) is 9.78 Å². The summed E-state index contributed by atoms with van der Waals surface area (Å²) in [5.41, 5.74) is 4.24. The number of hydrogen-bond donors (Lipinski definition) is 3. The van der Waals surface area contributed by atoms with Gasteiger partial charge in [-0.05, 0) is 6.92 Å². The summed E-state index contributed by atoms with van der Waals surface area (Å²) in [7, 11) is 0. The lowest BCUT2D eigenvalue weighted by molar-refractivity contribution is -0.385. The maximum atomic E-state index is 11.0. The van der Waals surface area contributed by atoms with Crippen LogP contribution in [-0.4, -0.2) is 32.9 Å². The number of nitro groups is 1. The zero-order valence-corrected chi connectivity index (χ0v) is 9.99. The number of carboxylic acid groups (broad SMARTS) is 1. The monoisotopic (exact) mass is 268 g/mol. The van der Waals surface area contributed by atoms with Crippen molar-refractivity contribution in [3.8, 4) is 0 Å². The van der Waals surface area contributed by atoms with Gasteiger partial charge in [-0.15, -0.1) is 0 Å². The molecule has 0 bridgehead atoms. The van der Waals surface area contributed by atoms with Crippen LogP contribution in [0.3, 0.4) is 0 Å². The number of aromatic carboxylic acids is 1. The molecule has 0 aliphatic rings. The van der Waals surface area contributed by atoms with E-state index in [2.05, 4.69) is 10.3 Å². The van der Waals surface area contributed by atoms with Crippen LogP contribution < -0.4 is 11.1 Å². The Balaban J connectivity index is 3.03. The molecule has 0 saturated heterocycles. The molecule has 9 nitrogen and oxygen atoms in total. The first-order valence-electron chi connectivity index (χ1n) is 5.23. The van der Waals surface area contributed by atoms with Crippen molar-refractivity contribution in [3.63, 3.8) is 0 Å². The highest BCUT2D eigenvalue weighted by Crippen LogP contribution is 2.20. The molecule has 4 N–H and O–H groups in total. The van der Waals surface area contributed by atoms with E-state index in [4.69, 9.17) is 10.8 Å². The zero-order valence-electron chi connectivity index (χ0n) is 9.99. The van der Waals surface area contributed by atoms with Crippen LogP contribution in [0, 0.1) is 10.1 Å². The molecule has 9 heteroatoms. The molecule has 0 aliphatic heterocycles. The number of anilines is 1. The molecule has 1 heterocycles. The van der Waals surface area contributed by atoms with Crippen LogP contribution in [0.25, 0.3) is 0 Å². The molecule has 1 aromatic heterocycles. The molecule has 1 unspecified atom stereocenters. The van der Waals surface area contributed by atoms with Crippen molar-refractivity contribution >= 4 is 23.4 Å². The highest BCUT2D eigenvalue weighted by atomic mass is 16.6. The molecule has 0 radical (unpaired) electrons. The Morgan fingerprint density at radius 1 is 1.63 bits per heavy atom. The van der Waals surface area contributed by atoms with E-state index in [0.717, 1.165) is 12.3 Å². The summed E-state index contributed by atoms with van der Waals surface area (Å²) < 4.78 is 0. The van der Waals surface area contributed by atoms with Gasteiger partial charge in [0.1, 0.15) is 17.6 Å². The van der Waals surface area contributed by atoms with Crippen LogP contribution in [-0.2, 0) is 4.79 Å². The van der Waals surface area contributed by atoms with Crippen molar-refractivity contribution in [3.05, 3.63) is 27.9 Å². The van der Waals surface area contributed by atoms with E-state index in [1.54, 1.807) is 6.92 Å². The van der Waals surface area contributed by atoms with Gasteiger partial charge >= 0.3 is 5.97 Å². The van der Waals surface area contributed by atoms with E-state index in [-0.39, 0.29) is 17.8 Å². The molecular formula is C10H12N4O5. The summed E-state index contributed by atoms with van der Waals surface area (Å²) in [6.45, 7) is 1.61. The summed E-state index contributed by atoms with van der Waals surface area (Å²) in [6.07, 6.45) is 0.920. The summed E-state index contributed by atoms with van der Waals surface area (Å²) in [6, 6.07) is 0.457. The van der Waals surface area contributed by atoms with E-state index in [1.165, 1.54) is 0 Å². The van der Waals surface area contributed by atoms with Crippen molar-refractivity contribution in [2.24, 2.45) is 5.73 Å². The van der Waals surface area contributed by atoms with Crippen LogP contribution in [0.4, 0.5) is 11.5 Å². The molecule has 102 valence electrons. The average molecular weight is 268 g/mol. The smallest absolute Gasteiger partial charge is 0.339 e. The number of carbonyl (C=O) groups is 2. The van der Waals surface area contributed by atoms with Gasteiger partial charge in [0, 0.05) is 18.5 Å². The number of pyridine rings is 1. The van der Waals surface area contributed by atoms with Crippen LogP contribution in [0.15, 0.2) is 12.3 Å². The SMILES string of the molecule is CC(CC(N)=O)Nc1ncc([N+](=O)[O-])cc1C(=O)O. The fourth-order valence-corrected chi connectivity index (χ4v) is 1.42. The Kier molecular flexibility index (Phi) is 4.35. The second-order valence-electron chi connectivity index (χ2n) is 3.87. The third kappa shape index (κ3) is 3.91. The highest BCUT2D eigenvalue weighted by molar-refractivity contribution is 5.94. The number of nitrogens with two attached hydrogens (primary N) is 1. The predicted molar refractivity (Wildman–Crippen MR) is 64.7 cm³/mol. The molecule has 1 amide bonds. The van der Waals surface area contributed by atoms with Crippen molar-refractivity contribution in [2.45, 2.75) is 19.4 Å². The summed E-state index contributed by atoms with van der Waals surface area (Å²) in [5, 5.41) is 22.2. The molecule has 19 heavy (non-hydrogen) atoms. The molecule has 0 saturated carbocycles. The second-order valence-corrected chi connectivity index (χ2v) is 3.87. The van der Waals surface area contributed by atoms with Crippen molar-refractivity contribution < 1.29 is 19.6 Å². The van der Waals surface area contributed by atoms with Gasteiger partial charge in [-0.2, -0.15) is 0 Å². The van der Waals surface area contributed by atoms with Gasteiger partial charge in [0.25, 0.3) is 5.69 Å². The molecule has 1 atom stereocenters. The third-order valence-electron chi connectivity index (χ3n) is 2.20. The number of primary amides is 1. The number of aromatic nitrogens is 1. The van der Waals surface area contributed by atoms with Crippen LogP contribution in [0.5, 0.6) is 0 Å². The first kappa shape index (κ1) is 14.4. The number of nitrogens with zero attached hydrogens (tertiary/aromatic N) is 2. The Bertz CT molecular complexity index is 531. The molecule has 0 spiro atoms. The van der Waals surface area contributed by atoms with Crippen LogP contribution in [0.2, 0.25) is 0 Å². The van der Waals surface area contributed by atoms with Gasteiger partial charge in [-0.1, -0.05) is 0 Å². The van der Waals surface area contributed by atoms with E-state index >= 15 is 0 Å². The topological polar surface area (TPSA) is 148 Å². The molecule has 1 aromatic rings. The van der Waals surface area contributed by atoms with Gasteiger partial charge in [-0.3, -0.25) is 14.9 Å². The summed E-state index contributed by atoms with van der Waals surface area (Å²) in [4.78, 5) is 35.2. The van der Waals surface area contributed by atoms with Gasteiger partial charge in [0.15, 0.2) is 0 Å². The first-order chi connectivity index (χ1) is 8.81. The lowest BCUT2D eigenvalue weighted by Crippen LogP contribution is -2.25. The number of hydrogen-bond acceptors (Lipinski definition) is 6. The van der Waals surface area contributed by atoms with E-state index in [9.17, 15) is 19.7 Å². The number of rotatable bonds is 6. The molecular weight excluding hydrogens is 256 g/mol. The Hall–Kier alpha value is -2.71. The second kappa shape index (κ2) is 5.76. The minimum atomic E-state index is -1.36. The molecule has 0 aromatic carbocycles. The number of amides is 1. The van der Waals surface area contributed by atoms with Gasteiger partial charge in [0.05, 0.1) is 4.92 Å². The summed E-state index contributed by atoms with van der Waals surface area (Å²) in [5.74, 6) is -1.96. The van der Waals surface area contributed by atoms with E-state index < -0.39 is 28.5 Å². The lowest BCUT2D eigenvalue weighted by Gasteiger charge is -2.14. The largest absolute Gasteiger partial charge is 0.478 e. The maximum absolute atomic E-state index is 11.0. The normalized spacial score (nSPS) is 11.6. The number of carboxylic acids is 1. The minimum absolute atomic E-state index is 0.0161. The predicted octanol–water partition coefficient (Wildman–Crippen LogP) is 0.364. The van der Waals surface area contributed by atoms with Crippen molar-refractivity contribution in [2.75, 3.05) is 5.32 Å². The number of nitrogens with one attached hydrogen (secondary N) is 1. The Labute approximate surface area is 107 Å². The maximum Gasteiger partial charge on any atom is 0.339 e. The van der Waals surface area contributed by atoms with Crippen LogP contribution in [0.1, 0.15) is 23.7 Å². The quantitative estimate of drug-likeness (QED) is 0.498. The lowest BCUT2D eigenvalue weighted by atomic mass is 10.2. The number of carbonyl (C=O) groups excluding carboxylic acids is 1. The molecule has 0 aliphatic carbocycles. The van der Waals surface area contributed by atoms with Gasteiger partial charge < -0.3 is 16.2 Å². The average Bonchev–Trinajstić information content (AvgIpc) is 2.27. The fraction of sp³-hybridized carbons (Fsp3) is 0.300. The minimum Gasteiger partial charge on any atom is -0.478 e. The summed E-state index contributed by atoms with van der Waals surface area (Å²) >= 11 is 0. The van der Waals surface area contributed by atoms with Crippen LogP contribution >= 0.6 is 0 Å². The van der Waals surface area contributed by atoms with E-state index in [1.807, 2.05) is 0 Å². The molecule has 1 rings (SSSR count). The Morgan fingerprint density at radius 2 is 2.26 bits per heavy atom. The van der Waals surface area contributed by atoms with Gasteiger partial charge in [0.2, 0.25) is 5.91 Å². The fourth-order valence-electron chi connectivity index (χ4n) is 1.42. The van der Waals surface area contributed by atoms with Crippen molar-refractivity contribution in [1.29, 1.82) is 0 Å². The zero-order chi connectivity index (χ0) is 14.6. The highest BCUT2D eigenvalue weighted by Gasteiger charge is 2.19. The third-order valence-corrected chi connectivity index (χ3v) is 2.20.